The molecule has 4 heteroatoms. The van der Waals surface area contributed by atoms with Gasteiger partial charge in [0.05, 0.1) is 13.2 Å². The number of halogens is 1. The van der Waals surface area contributed by atoms with E-state index in [1.165, 1.54) is 12.1 Å². The molecule has 3 nitrogen and oxygen atoms in total. The quantitative estimate of drug-likeness (QED) is 0.453. The first kappa shape index (κ1) is 13.6. The van der Waals surface area contributed by atoms with Crippen LogP contribution in [0.25, 0.3) is 6.08 Å². The van der Waals surface area contributed by atoms with Gasteiger partial charge in [0.25, 0.3) is 0 Å². The molecular weight excluding hydrogens is 231 g/mol. The van der Waals surface area contributed by atoms with Crippen LogP contribution >= 0.6 is 0 Å². The second-order valence-corrected chi connectivity index (χ2v) is 3.44. The average Bonchev–Trinajstić information content (AvgIpc) is 2.38. The molecule has 0 aromatic heterocycles. The number of benzene rings is 1. The van der Waals surface area contributed by atoms with Crippen LogP contribution in [0.5, 0.6) is 0 Å². The van der Waals surface area contributed by atoms with E-state index in [0.29, 0.717) is 17.7 Å². The summed E-state index contributed by atoms with van der Waals surface area (Å²) in [5, 5.41) is 17.2. The van der Waals surface area contributed by atoms with E-state index in [2.05, 4.69) is 6.58 Å². The van der Waals surface area contributed by atoms with Crippen LogP contribution in [0.3, 0.4) is 0 Å². The van der Waals surface area contributed by atoms with Gasteiger partial charge in [0.15, 0.2) is 0 Å². The van der Waals surface area contributed by atoms with E-state index in [1.54, 1.807) is 30.3 Å². The fraction of sp³-hybridized carbons (Fsp3) is 0.143. The van der Waals surface area contributed by atoms with Crippen LogP contribution in [-0.4, -0.2) is 6.61 Å². The summed E-state index contributed by atoms with van der Waals surface area (Å²) in [5.74, 6) is -0.428. The highest BCUT2D eigenvalue weighted by Gasteiger charge is 2.03. The second-order valence-electron chi connectivity index (χ2n) is 3.44. The molecule has 0 aliphatic rings. The predicted molar refractivity (Wildman–Crippen MR) is 65.5 cm³/mol. The Kier molecular flexibility index (Phi) is 5.31. The summed E-state index contributed by atoms with van der Waals surface area (Å²) in [6.07, 6.45) is 2.92. The van der Waals surface area contributed by atoms with Gasteiger partial charge in [-0.05, 0) is 17.7 Å². The number of rotatable bonds is 5. The summed E-state index contributed by atoms with van der Waals surface area (Å²) < 4.78 is 18.8. The third kappa shape index (κ3) is 3.86. The maximum absolute atomic E-state index is 13.6. The Hall–Kier alpha value is -2.43. The van der Waals surface area contributed by atoms with Gasteiger partial charge in [-0.1, -0.05) is 18.2 Å². The lowest BCUT2D eigenvalue weighted by atomic mass is 10.1. The van der Waals surface area contributed by atoms with Crippen LogP contribution in [-0.2, 0) is 11.3 Å². The molecule has 0 radical (unpaired) electrons. The minimum Gasteiger partial charge on any atom is -0.373 e. The Morgan fingerprint density at radius 3 is 2.67 bits per heavy atom. The zero-order chi connectivity index (χ0) is 13.4. The average molecular weight is 242 g/mol. The molecule has 1 aromatic rings. The predicted octanol–water partition coefficient (Wildman–Crippen LogP) is 2.96. The molecule has 0 atom stereocenters. The summed E-state index contributed by atoms with van der Waals surface area (Å²) in [5.41, 5.74) is 0.826. The number of allylic oxidation sites excluding steroid dienone is 1. The van der Waals surface area contributed by atoms with Gasteiger partial charge < -0.3 is 4.74 Å². The first-order chi connectivity index (χ1) is 8.71. The van der Waals surface area contributed by atoms with Gasteiger partial charge >= 0.3 is 0 Å². The van der Waals surface area contributed by atoms with Crippen molar-refractivity contribution in [3.8, 4) is 12.1 Å². The van der Waals surface area contributed by atoms with E-state index >= 15 is 0 Å². The maximum Gasteiger partial charge on any atom is 0.130 e. The summed E-state index contributed by atoms with van der Waals surface area (Å²) in [4.78, 5) is 0. The van der Waals surface area contributed by atoms with Gasteiger partial charge in [0, 0.05) is 5.56 Å². The van der Waals surface area contributed by atoms with Crippen LogP contribution < -0.4 is 0 Å². The van der Waals surface area contributed by atoms with E-state index < -0.39 is 5.82 Å². The molecule has 0 aliphatic carbocycles. The number of nitriles is 2. The molecule has 90 valence electrons. The van der Waals surface area contributed by atoms with Crippen molar-refractivity contribution >= 4 is 6.08 Å². The standard InChI is InChI=1S/C14H11FN2O/c1-2-5-18-10-13-4-3-11(7-14(13)15)6-12(8-16)9-17/h2-4,6-7H,1,5,10H2. The van der Waals surface area contributed by atoms with Crippen LogP contribution in [0.2, 0.25) is 0 Å². The van der Waals surface area contributed by atoms with Gasteiger partial charge in [-0.3, -0.25) is 0 Å². The Morgan fingerprint density at radius 2 is 2.11 bits per heavy atom. The second kappa shape index (κ2) is 7.01. The molecule has 0 spiro atoms. The zero-order valence-electron chi connectivity index (χ0n) is 9.69. The molecule has 0 saturated heterocycles. The van der Waals surface area contributed by atoms with E-state index in [0.717, 1.165) is 0 Å². The van der Waals surface area contributed by atoms with E-state index in [9.17, 15) is 4.39 Å². The molecule has 18 heavy (non-hydrogen) atoms. The first-order valence-corrected chi connectivity index (χ1v) is 5.20. The fourth-order valence-corrected chi connectivity index (χ4v) is 1.28. The Labute approximate surface area is 105 Å². The van der Waals surface area contributed by atoms with Crippen LogP contribution in [0.15, 0.2) is 36.4 Å². The van der Waals surface area contributed by atoms with Crippen molar-refractivity contribution in [1.29, 1.82) is 10.5 Å². The van der Waals surface area contributed by atoms with Crippen molar-refractivity contribution in [2.45, 2.75) is 6.61 Å². The molecule has 0 fully saturated rings. The van der Waals surface area contributed by atoms with Crippen molar-refractivity contribution in [2.24, 2.45) is 0 Å². The highest BCUT2D eigenvalue weighted by molar-refractivity contribution is 5.62. The van der Waals surface area contributed by atoms with Gasteiger partial charge in [-0.2, -0.15) is 10.5 Å². The van der Waals surface area contributed by atoms with Gasteiger partial charge in [0.2, 0.25) is 0 Å². The molecule has 0 unspecified atom stereocenters. The molecular formula is C14H11FN2O. The number of nitrogens with zero attached hydrogens (tertiary/aromatic N) is 2. The fourth-order valence-electron chi connectivity index (χ4n) is 1.28. The normalized spacial score (nSPS) is 9.06. The minimum absolute atomic E-state index is 0.0648. The third-order valence-electron chi connectivity index (χ3n) is 2.12. The topological polar surface area (TPSA) is 56.8 Å². The highest BCUT2D eigenvalue weighted by atomic mass is 19.1. The van der Waals surface area contributed by atoms with Gasteiger partial charge in [-0.15, -0.1) is 6.58 Å². The molecule has 0 N–H and O–H groups in total. The molecule has 1 aromatic carbocycles. The molecule has 0 aliphatic heterocycles. The Morgan fingerprint density at radius 1 is 1.39 bits per heavy atom. The molecule has 0 heterocycles. The SMILES string of the molecule is C=CCOCc1ccc(C=C(C#N)C#N)cc1F. The van der Waals surface area contributed by atoms with Crippen molar-refractivity contribution < 1.29 is 9.13 Å². The van der Waals surface area contributed by atoms with Crippen LogP contribution in [0.1, 0.15) is 11.1 Å². The lowest BCUT2D eigenvalue weighted by Crippen LogP contribution is -1.96. The molecule has 0 saturated carbocycles. The van der Waals surface area contributed by atoms with E-state index in [4.69, 9.17) is 15.3 Å². The lowest BCUT2D eigenvalue weighted by molar-refractivity contribution is 0.146. The minimum atomic E-state index is -0.428. The van der Waals surface area contributed by atoms with Crippen LogP contribution in [0, 0.1) is 28.5 Å². The number of hydrogen-bond acceptors (Lipinski definition) is 3. The Bertz CT molecular complexity index is 534. The highest BCUT2D eigenvalue weighted by Crippen LogP contribution is 2.14. The number of ether oxygens (including phenoxy) is 1. The van der Waals surface area contributed by atoms with Gasteiger partial charge in [0.1, 0.15) is 23.5 Å². The maximum atomic E-state index is 13.6. The molecule has 0 bridgehead atoms. The summed E-state index contributed by atoms with van der Waals surface area (Å²) in [6.45, 7) is 4.01. The third-order valence-corrected chi connectivity index (χ3v) is 2.12. The van der Waals surface area contributed by atoms with Crippen molar-refractivity contribution in [2.75, 3.05) is 6.61 Å². The lowest BCUT2D eigenvalue weighted by Gasteiger charge is -2.04. The van der Waals surface area contributed by atoms with Crippen molar-refractivity contribution in [3.63, 3.8) is 0 Å². The Balaban J connectivity index is 2.87. The van der Waals surface area contributed by atoms with Gasteiger partial charge in [-0.25, -0.2) is 4.39 Å². The first-order valence-electron chi connectivity index (χ1n) is 5.20. The van der Waals surface area contributed by atoms with E-state index in [1.807, 2.05) is 0 Å². The van der Waals surface area contributed by atoms with Crippen molar-refractivity contribution in [1.82, 2.24) is 0 Å². The molecule has 0 amide bonds. The monoisotopic (exact) mass is 242 g/mol. The van der Waals surface area contributed by atoms with E-state index in [-0.39, 0.29) is 12.2 Å². The molecule has 1 rings (SSSR count). The smallest absolute Gasteiger partial charge is 0.130 e. The van der Waals surface area contributed by atoms with Crippen LogP contribution in [0.4, 0.5) is 4.39 Å². The number of hydrogen-bond donors (Lipinski definition) is 0. The largest absolute Gasteiger partial charge is 0.373 e. The summed E-state index contributed by atoms with van der Waals surface area (Å²) in [6, 6.07) is 7.90. The summed E-state index contributed by atoms with van der Waals surface area (Å²) >= 11 is 0. The zero-order valence-corrected chi connectivity index (χ0v) is 9.69. The summed E-state index contributed by atoms with van der Waals surface area (Å²) in [7, 11) is 0. The van der Waals surface area contributed by atoms with Crippen molar-refractivity contribution in [3.05, 3.63) is 53.4 Å².